The van der Waals surface area contributed by atoms with Crippen molar-refractivity contribution in [3.8, 4) is 0 Å². The minimum atomic E-state index is 0.275. The maximum absolute atomic E-state index is 6.05. The van der Waals surface area contributed by atoms with E-state index in [0.717, 1.165) is 18.3 Å². The number of nitrogens with zero attached hydrogens (tertiary/aromatic N) is 2. The molecule has 0 saturated heterocycles. The lowest BCUT2D eigenvalue weighted by Crippen LogP contribution is -2.52. The summed E-state index contributed by atoms with van der Waals surface area (Å²) in [5, 5.41) is 4.92. The van der Waals surface area contributed by atoms with Gasteiger partial charge in [-0.2, -0.15) is 4.37 Å². The number of aromatic nitrogens is 1. The molecule has 1 aromatic rings. The number of nitrogen functional groups attached to an aromatic ring is 1. The van der Waals surface area contributed by atoms with Gasteiger partial charge in [0.15, 0.2) is 0 Å². The van der Waals surface area contributed by atoms with Gasteiger partial charge in [0.1, 0.15) is 10.8 Å². The van der Waals surface area contributed by atoms with Crippen molar-refractivity contribution >= 4 is 22.4 Å². The van der Waals surface area contributed by atoms with E-state index in [0.29, 0.717) is 5.92 Å². The Bertz CT molecular complexity index is 494. The molecule has 2 aliphatic carbocycles. The fourth-order valence-corrected chi connectivity index (χ4v) is 4.60. The second-order valence-electron chi connectivity index (χ2n) is 7.26. The summed E-state index contributed by atoms with van der Waals surface area (Å²) < 4.78 is 4.37. The van der Waals surface area contributed by atoms with Gasteiger partial charge >= 0.3 is 0 Å². The highest BCUT2D eigenvalue weighted by Gasteiger charge is 2.38. The summed E-state index contributed by atoms with van der Waals surface area (Å²) in [6, 6.07) is 0. The molecule has 0 radical (unpaired) electrons. The van der Waals surface area contributed by atoms with Gasteiger partial charge in [-0.3, -0.25) is 0 Å². The molecule has 2 aliphatic rings. The van der Waals surface area contributed by atoms with Crippen LogP contribution in [0.25, 0.3) is 0 Å². The molecule has 0 amide bonds. The Morgan fingerprint density at radius 2 is 2.14 bits per heavy atom. The van der Waals surface area contributed by atoms with Gasteiger partial charge in [-0.05, 0) is 63.1 Å². The van der Waals surface area contributed by atoms with Gasteiger partial charge in [0, 0.05) is 17.6 Å². The Kier molecular flexibility index (Phi) is 4.14. The van der Waals surface area contributed by atoms with Crippen molar-refractivity contribution in [1.82, 2.24) is 9.27 Å². The van der Waals surface area contributed by atoms with Gasteiger partial charge in [-0.1, -0.05) is 19.8 Å². The van der Waals surface area contributed by atoms with Crippen molar-refractivity contribution in [2.45, 2.75) is 56.9 Å². The molecule has 3 rings (SSSR count). The Morgan fingerprint density at radius 3 is 2.76 bits per heavy atom. The number of rotatable bonds is 5. The van der Waals surface area contributed by atoms with E-state index in [4.69, 9.17) is 5.73 Å². The first-order valence-electron chi connectivity index (χ1n) is 8.18. The molecule has 1 aromatic heterocycles. The van der Waals surface area contributed by atoms with Crippen LogP contribution in [0, 0.1) is 5.92 Å². The summed E-state index contributed by atoms with van der Waals surface area (Å²) in [4.78, 5) is 2.43. The summed E-state index contributed by atoms with van der Waals surface area (Å²) in [5.41, 5.74) is 7.62. The van der Waals surface area contributed by atoms with Crippen molar-refractivity contribution < 1.29 is 0 Å². The monoisotopic (exact) mass is 308 g/mol. The van der Waals surface area contributed by atoms with E-state index in [2.05, 4.69) is 35.6 Å². The van der Waals surface area contributed by atoms with Gasteiger partial charge in [-0.15, -0.1) is 0 Å². The number of nitrogens with one attached hydrogen (secondary N) is 1. The van der Waals surface area contributed by atoms with Crippen LogP contribution < -0.4 is 11.1 Å². The van der Waals surface area contributed by atoms with E-state index < -0.39 is 0 Å². The number of hydrogen-bond donors (Lipinski definition) is 2. The minimum absolute atomic E-state index is 0.275. The van der Waals surface area contributed by atoms with E-state index in [-0.39, 0.29) is 5.54 Å². The number of likely N-dealkylation sites (N-methyl/N-ethyl adjacent to an activating group) is 1. The predicted molar refractivity (Wildman–Crippen MR) is 91.0 cm³/mol. The average Bonchev–Trinajstić information content (AvgIpc) is 3.20. The van der Waals surface area contributed by atoms with Crippen LogP contribution in [0.2, 0.25) is 0 Å². The lowest BCUT2D eigenvalue weighted by atomic mass is 9.75. The molecule has 2 atom stereocenters. The lowest BCUT2D eigenvalue weighted by molar-refractivity contribution is 0.0883. The third-order valence-electron chi connectivity index (χ3n) is 5.34. The molecule has 118 valence electrons. The van der Waals surface area contributed by atoms with Crippen LogP contribution in [-0.2, 0) is 0 Å². The third kappa shape index (κ3) is 3.04. The molecule has 2 unspecified atom stereocenters. The molecular formula is C16H28N4S. The van der Waals surface area contributed by atoms with E-state index in [1.807, 2.05) is 0 Å². The van der Waals surface area contributed by atoms with Crippen molar-refractivity contribution in [3.05, 3.63) is 5.56 Å². The molecule has 5 heteroatoms. The average molecular weight is 308 g/mol. The van der Waals surface area contributed by atoms with Crippen LogP contribution in [0.1, 0.15) is 56.9 Å². The van der Waals surface area contributed by atoms with Crippen LogP contribution >= 0.6 is 11.5 Å². The Balaban J connectivity index is 1.72. The molecule has 3 N–H and O–H groups in total. The molecule has 0 spiro atoms. The highest BCUT2D eigenvalue weighted by Crippen LogP contribution is 2.48. The summed E-state index contributed by atoms with van der Waals surface area (Å²) in [5.74, 6) is 2.23. The van der Waals surface area contributed by atoms with Crippen molar-refractivity contribution in [1.29, 1.82) is 0 Å². The molecular weight excluding hydrogens is 280 g/mol. The second kappa shape index (κ2) is 5.76. The Labute approximate surface area is 132 Å². The zero-order chi connectivity index (χ0) is 15.0. The number of anilines is 2. The summed E-state index contributed by atoms with van der Waals surface area (Å²) >= 11 is 1.54. The summed E-state index contributed by atoms with van der Waals surface area (Å²) in [6.45, 7) is 3.39. The lowest BCUT2D eigenvalue weighted by Gasteiger charge is -2.45. The normalized spacial score (nSPS) is 29.8. The first kappa shape index (κ1) is 15.1. The smallest absolute Gasteiger partial charge is 0.142 e. The first-order valence-corrected chi connectivity index (χ1v) is 8.95. The Hall–Kier alpha value is -0.810. The second-order valence-corrected chi connectivity index (χ2v) is 8.03. The van der Waals surface area contributed by atoms with Crippen LogP contribution in [0.4, 0.5) is 10.8 Å². The van der Waals surface area contributed by atoms with Gasteiger partial charge < -0.3 is 16.0 Å². The number of hydrogen-bond acceptors (Lipinski definition) is 5. The number of nitrogens with two attached hydrogens (primary N) is 1. The SMILES string of the molecule is CC1CCCC(CNc2snc(N)c2C2CC2)(N(C)C)C1. The van der Waals surface area contributed by atoms with E-state index in [1.54, 1.807) is 0 Å². The molecule has 2 fully saturated rings. The van der Waals surface area contributed by atoms with Gasteiger partial charge in [0.2, 0.25) is 0 Å². The highest BCUT2D eigenvalue weighted by atomic mass is 32.1. The van der Waals surface area contributed by atoms with Crippen molar-refractivity contribution in [2.24, 2.45) is 5.92 Å². The first-order chi connectivity index (χ1) is 10.0. The van der Waals surface area contributed by atoms with E-state index in [9.17, 15) is 0 Å². The highest BCUT2D eigenvalue weighted by molar-refractivity contribution is 7.10. The summed E-state index contributed by atoms with van der Waals surface area (Å²) in [6.07, 6.45) is 7.81. The van der Waals surface area contributed by atoms with Crippen LogP contribution in [0.15, 0.2) is 0 Å². The zero-order valence-corrected chi connectivity index (χ0v) is 14.3. The maximum Gasteiger partial charge on any atom is 0.142 e. The molecule has 2 saturated carbocycles. The topological polar surface area (TPSA) is 54.2 Å². The molecule has 4 nitrogen and oxygen atoms in total. The van der Waals surface area contributed by atoms with Gasteiger partial charge in [0.25, 0.3) is 0 Å². The van der Waals surface area contributed by atoms with Crippen LogP contribution in [0.5, 0.6) is 0 Å². The van der Waals surface area contributed by atoms with Crippen molar-refractivity contribution in [3.63, 3.8) is 0 Å². The fourth-order valence-electron chi connectivity index (χ4n) is 3.81. The zero-order valence-electron chi connectivity index (χ0n) is 13.5. The predicted octanol–water partition coefficient (Wildman–Crippen LogP) is 3.53. The van der Waals surface area contributed by atoms with Crippen LogP contribution in [-0.4, -0.2) is 35.5 Å². The van der Waals surface area contributed by atoms with Crippen LogP contribution in [0.3, 0.4) is 0 Å². The summed E-state index contributed by atoms with van der Waals surface area (Å²) in [7, 11) is 4.45. The molecule has 21 heavy (non-hydrogen) atoms. The molecule has 1 heterocycles. The Morgan fingerprint density at radius 1 is 1.38 bits per heavy atom. The third-order valence-corrected chi connectivity index (χ3v) is 6.17. The molecule has 0 aliphatic heterocycles. The largest absolute Gasteiger partial charge is 0.383 e. The standard InChI is InChI=1S/C16H28N4S/c1-11-5-4-8-16(9-11,20(2)3)10-18-15-13(12-6-7-12)14(17)19-21-15/h11-12,18H,4-10H2,1-3H3,(H2,17,19). The van der Waals surface area contributed by atoms with E-state index in [1.165, 1.54) is 60.6 Å². The van der Waals surface area contributed by atoms with E-state index >= 15 is 0 Å². The molecule has 0 aromatic carbocycles. The maximum atomic E-state index is 6.05. The van der Waals surface area contributed by atoms with Crippen molar-refractivity contribution in [2.75, 3.05) is 31.7 Å². The van der Waals surface area contributed by atoms with Gasteiger partial charge in [0.05, 0.1) is 0 Å². The fraction of sp³-hybridized carbons (Fsp3) is 0.812. The molecule has 0 bridgehead atoms. The quantitative estimate of drug-likeness (QED) is 0.874. The minimum Gasteiger partial charge on any atom is -0.383 e. The van der Waals surface area contributed by atoms with Gasteiger partial charge in [-0.25, -0.2) is 0 Å².